The highest BCUT2D eigenvalue weighted by Crippen LogP contribution is 2.40. The Morgan fingerprint density at radius 2 is 2.06 bits per heavy atom. The molecule has 0 aromatic carbocycles. The number of anilines is 3. The van der Waals surface area contributed by atoms with Crippen LogP contribution in [0.15, 0.2) is 24.4 Å². The molecule has 13 heteroatoms. The summed E-state index contributed by atoms with van der Waals surface area (Å²) in [5, 5.41) is 6.64. The number of alkyl halides is 3. The number of pyridine rings is 1. The number of nitrogens with one attached hydrogen (secondary N) is 1. The number of amides is 1. The van der Waals surface area contributed by atoms with E-state index in [0.717, 1.165) is 46.4 Å². The molecule has 5 heterocycles. The Bertz CT molecular complexity index is 1290. The van der Waals surface area contributed by atoms with Gasteiger partial charge in [0.05, 0.1) is 5.69 Å². The predicted octanol–water partition coefficient (Wildman–Crippen LogP) is 3.54. The van der Waals surface area contributed by atoms with Crippen molar-refractivity contribution in [1.29, 1.82) is 0 Å². The normalized spacial score (nSPS) is 17.3. The standard InChI is InChI=1S/C23H25F3N8O2/c1-4-33-13(2)21(35)34-9-5-6-15-19(34)20(33)30-22(29-15)28-12-14-7-8-17(27-11-14)36-18-10-16(23(24,25)26)31-32(18)3/h7-8,10-11,13H,4-6,9,12H2,1-3H3,(H,28,29,30)/t13-/m0/s1. The molecule has 0 unspecified atom stereocenters. The molecule has 2 aliphatic rings. The number of aromatic nitrogens is 5. The lowest BCUT2D eigenvalue weighted by Crippen LogP contribution is -2.54. The summed E-state index contributed by atoms with van der Waals surface area (Å²) in [6.07, 6.45) is -1.38. The van der Waals surface area contributed by atoms with E-state index in [1.165, 1.54) is 7.05 Å². The Kier molecular flexibility index (Phi) is 5.92. The van der Waals surface area contributed by atoms with Crippen LogP contribution in [0.3, 0.4) is 0 Å². The van der Waals surface area contributed by atoms with E-state index in [-0.39, 0.29) is 23.7 Å². The molecule has 3 aromatic heterocycles. The molecule has 0 radical (unpaired) electrons. The van der Waals surface area contributed by atoms with Gasteiger partial charge in [-0.1, -0.05) is 6.07 Å². The highest BCUT2D eigenvalue weighted by molar-refractivity contribution is 6.05. The summed E-state index contributed by atoms with van der Waals surface area (Å²) in [4.78, 5) is 30.2. The van der Waals surface area contributed by atoms with Gasteiger partial charge in [-0.15, -0.1) is 0 Å². The van der Waals surface area contributed by atoms with Crippen molar-refractivity contribution in [3.8, 4) is 11.8 Å². The molecule has 0 aliphatic carbocycles. The lowest BCUT2D eigenvalue weighted by molar-refractivity contribution is -0.141. The molecule has 0 saturated heterocycles. The number of halogens is 3. The molecule has 10 nitrogen and oxygen atoms in total. The van der Waals surface area contributed by atoms with E-state index in [1.54, 1.807) is 23.2 Å². The van der Waals surface area contributed by atoms with E-state index in [2.05, 4.69) is 20.4 Å². The van der Waals surface area contributed by atoms with Gasteiger partial charge in [-0.25, -0.2) is 14.6 Å². The van der Waals surface area contributed by atoms with Crippen LogP contribution in [0.5, 0.6) is 11.8 Å². The van der Waals surface area contributed by atoms with E-state index in [4.69, 9.17) is 9.72 Å². The van der Waals surface area contributed by atoms with E-state index < -0.39 is 11.9 Å². The number of hydrogen-bond donors (Lipinski definition) is 1. The van der Waals surface area contributed by atoms with Crippen molar-refractivity contribution in [3.63, 3.8) is 0 Å². The molecule has 3 aromatic rings. The summed E-state index contributed by atoms with van der Waals surface area (Å²) in [6, 6.07) is 3.85. The van der Waals surface area contributed by atoms with Crippen LogP contribution in [0.2, 0.25) is 0 Å². The maximum Gasteiger partial charge on any atom is 0.435 e. The van der Waals surface area contributed by atoms with Crippen molar-refractivity contribution in [2.75, 3.05) is 28.2 Å². The number of nitrogens with zero attached hydrogens (tertiary/aromatic N) is 7. The molecule has 1 amide bonds. The van der Waals surface area contributed by atoms with E-state index in [9.17, 15) is 18.0 Å². The maximum atomic E-state index is 12.9. The number of ether oxygens (including phenoxy) is 1. The fourth-order valence-corrected chi connectivity index (χ4v) is 4.47. The van der Waals surface area contributed by atoms with Crippen LogP contribution >= 0.6 is 0 Å². The first-order chi connectivity index (χ1) is 17.2. The second kappa shape index (κ2) is 8.95. The van der Waals surface area contributed by atoms with Crippen LogP contribution < -0.4 is 19.9 Å². The first-order valence-corrected chi connectivity index (χ1v) is 11.6. The smallest absolute Gasteiger partial charge is 0.421 e. The number of carbonyl (C=O) groups is 1. The van der Waals surface area contributed by atoms with Crippen LogP contribution in [0, 0.1) is 0 Å². The quantitative estimate of drug-likeness (QED) is 0.546. The summed E-state index contributed by atoms with van der Waals surface area (Å²) < 4.78 is 45.0. The number of aryl methyl sites for hydroxylation is 2. The van der Waals surface area contributed by atoms with Crippen molar-refractivity contribution in [1.82, 2.24) is 24.7 Å². The fourth-order valence-electron chi connectivity index (χ4n) is 4.47. The van der Waals surface area contributed by atoms with E-state index in [0.29, 0.717) is 25.6 Å². The Hall–Kier alpha value is -3.90. The third-order valence-corrected chi connectivity index (χ3v) is 6.29. The van der Waals surface area contributed by atoms with Gasteiger partial charge in [0.15, 0.2) is 11.5 Å². The van der Waals surface area contributed by atoms with Gasteiger partial charge in [-0.2, -0.15) is 23.3 Å². The third kappa shape index (κ3) is 4.29. The lowest BCUT2D eigenvalue weighted by atomic mass is 10.0. The summed E-state index contributed by atoms with van der Waals surface area (Å²) in [6.45, 7) is 5.58. The first-order valence-electron chi connectivity index (χ1n) is 11.6. The molecular weight excluding hydrogens is 477 g/mol. The first kappa shape index (κ1) is 23.8. The second-order valence-electron chi connectivity index (χ2n) is 8.67. The van der Waals surface area contributed by atoms with Crippen LogP contribution in [0.1, 0.15) is 37.2 Å². The molecular formula is C23H25F3N8O2. The molecule has 1 N–H and O–H groups in total. The Morgan fingerprint density at radius 1 is 1.25 bits per heavy atom. The molecule has 0 bridgehead atoms. The lowest BCUT2D eigenvalue weighted by Gasteiger charge is -2.42. The molecule has 190 valence electrons. The van der Waals surface area contributed by atoms with Gasteiger partial charge < -0.3 is 19.9 Å². The van der Waals surface area contributed by atoms with E-state index >= 15 is 0 Å². The zero-order valence-electron chi connectivity index (χ0n) is 20.0. The average molecular weight is 503 g/mol. The van der Waals surface area contributed by atoms with Gasteiger partial charge in [-0.3, -0.25) is 4.79 Å². The predicted molar refractivity (Wildman–Crippen MR) is 125 cm³/mol. The Morgan fingerprint density at radius 3 is 2.72 bits per heavy atom. The molecule has 1 atom stereocenters. The third-order valence-electron chi connectivity index (χ3n) is 6.29. The largest absolute Gasteiger partial charge is 0.435 e. The number of carbonyl (C=O) groups excluding carboxylic acids is 1. The van der Waals surface area contributed by atoms with Crippen molar-refractivity contribution in [2.24, 2.45) is 7.05 Å². The van der Waals surface area contributed by atoms with Gasteiger partial charge in [-0.05, 0) is 32.3 Å². The highest BCUT2D eigenvalue weighted by atomic mass is 19.4. The molecule has 36 heavy (non-hydrogen) atoms. The second-order valence-corrected chi connectivity index (χ2v) is 8.67. The van der Waals surface area contributed by atoms with Crippen LogP contribution in [0.25, 0.3) is 0 Å². The number of hydrogen-bond acceptors (Lipinski definition) is 8. The van der Waals surface area contributed by atoms with Crippen LogP contribution in [-0.4, -0.2) is 49.8 Å². The topological polar surface area (TPSA) is 101 Å². The van der Waals surface area contributed by atoms with Gasteiger partial charge in [0, 0.05) is 45.0 Å². The summed E-state index contributed by atoms with van der Waals surface area (Å²) >= 11 is 0. The summed E-state index contributed by atoms with van der Waals surface area (Å²) in [5.41, 5.74) is 1.43. The van der Waals surface area contributed by atoms with Crippen LogP contribution in [0.4, 0.5) is 30.6 Å². The van der Waals surface area contributed by atoms with Crippen molar-refractivity contribution < 1.29 is 22.7 Å². The van der Waals surface area contributed by atoms with Crippen LogP contribution in [-0.2, 0) is 31.0 Å². The summed E-state index contributed by atoms with van der Waals surface area (Å²) in [7, 11) is 1.37. The zero-order chi connectivity index (χ0) is 25.6. The number of likely N-dealkylation sites (N-methyl/N-ethyl adjacent to an activating group) is 1. The van der Waals surface area contributed by atoms with Gasteiger partial charge in [0.2, 0.25) is 23.6 Å². The van der Waals surface area contributed by atoms with Crippen molar-refractivity contribution in [3.05, 3.63) is 41.3 Å². The molecule has 5 rings (SSSR count). The zero-order valence-corrected chi connectivity index (χ0v) is 20.0. The molecule has 0 fully saturated rings. The van der Waals surface area contributed by atoms with Crippen molar-refractivity contribution >= 4 is 23.4 Å². The number of rotatable bonds is 6. The Balaban J connectivity index is 1.30. The van der Waals surface area contributed by atoms with Gasteiger partial charge in [0.1, 0.15) is 11.7 Å². The maximum absolute atomic E-state index is 12.9. The van der Waals surface area contributed by atoms with E-state index in [1.807, 2.05) is 18.7 Å². The minimum atomic E-state index is -4.56. The van der Waals surface area contributed by atoms with Gasteiger partial charge in [0.25, 0.3) is 0 Å². The molecule has 2 aliphatic heterocycles. The highest BCUT2D eigenvalue weighted by Gasteiger charge is 2.39. The molecule has 0 spiro atoms. The summed E-state index contributed by atoms with van der Waals surface area (Å²) in [5.74, 6) is 1.36. The SMILES string of the molecule is CCN1c2nc(NCc3ccc(Oc4cc(C(F)(F)F)nn4C)nc3)nc3c2N(CCC3)C(=O)[C@@H]1C. The molecule has 0 saturated carbocycles. The minimum absolute atomic E-state index is 0.0700. The van der Waals surface area contributed by atoms with Gasteiger partial charge >= 0.3 is 6.18 Å². The minimum Gasteiger partial charge on any atom is -0.421 e. The monoisotopic (exact) mass is 502 g/mol. The fraction of sp³-hybridized carbons (Fsp3) is 0.435. The Labute approximate surface area is 205 Å². The van der Waals surface area contributed by atoms with Crippen molar-refractivity contribution in [2.45, 2.75) is 45.5 Å². The average Bonchev–Trinajstić information content (AvgIpc) is 3.23.